The van der Waals surface area contributed by atoms with Crippen LogP contribution in [0.3, 0.4) is 0 Å². The second kappa shape index (κ2) is 4.94. The first-order valence-corrected chi connectivity index (χ1v) is 5.00. The third-order valence-electron chi connectivity index (χ3n) is 2.38. The van der Waals surface area contributed by atoms with Gasteiger partial charge in [0.15, 0.2) is 0 Å². The van der Waals surface area contributed by atoms with E-state index in [0.29, 0.717) is 12.4 Å². The molecule has 0 fully saturated rings. The Bertz CT molecular complexity index is 377. The van der Waals surface area contributed by atoms with Crippen LogP contribution in [0.2, 0.25) is 0 Å². The lowest BCUT2D eigenvalue weighted by molar-refractivity contribution is -0.123. The smallest absolute Gasteiger partial charge is 0.237 e. The lowest BCUT2D eigenvalue weighted by atomic mass is 10.0. The van der Waals surface area contributed by atoms with Crippen LogP contribution in [0, 0.1) is 0 Å². The van der Waals surface area contributed by atoms with Gasteiger partial charge >= 0.3 is 0 Å². The van der Waals surface area contributed by atoms with Gasteiger partial charge in [0.1, 0.15) is 0 Å². The summed E-state index contributed by atoms with van der Waals surface area (Å²) in [6.07, 6.45) is 1.65. The third kappa shape index (κ3) is 2.93. The van der Waals surface area contributed by atoms with Crippen molar-refractivity contribution in [1.29, 1.82) is 0 Å². The van der Waals surface area contributed by atoms with Crippen LogP contribution in [0.15, 0.2) is 18.3 Å². The van der Waals surface area contributed by atoms with E-state index in [-0.39, 0.29) is 0 Å². The van der Waals surface area contributed by atoms with E-state index in [1.807, 2.05) is 12.1 Å². The molecule has 88 valence electrons. The number of nitrogens with one attached hydrogen (secondary N) is 1. The monoisotopic (exact) mass is 223 g/mol. The van der Waals surface area contributed by atoms with Crippen molar-refractivity contribution >= 4 is 5.91 Å². The van der Waals surface area contributed by atoms with Crippen molar-refractivity contribution in [3.63, 3.8) is 0 Å². The van der Waals surface area contributed by atoms with Gasteiger partial charge in [-0.05, 0) is 19.9 Å². The molecule has 5 nitrogen and oxygen atoms in total. The third-order valence-corrected chi connectivity index (χ3v) is 2.38. The molecule has 0 atom stereocenters. The van der Waals surface area contributed by atoms with Gasteiger partial charge in [-0.3, -0.25) is 10.1 Å². The molecule has 16 heavy (non-hydrogen) atoms. The molecule has 1 rings (SSSR count). The molecule has 1 aromatic rings. The number of hydrogen-bond donors (Lipinski definition) is 2. The number of rotatable bonds is 5. The number of carbonyl (C=O) groups excluding carboxylic acids is 1. The lowest BCUT2D eigenvalue weighted by Crippen LogP contribution is -2.50. The fourth-order valence-corrected chi connectivity index (χ4v) is 1.15. The van der Waals surface area contributed by atoms with Gasteiger partial charge in [0.25, 0.3) is 0 Å². The largest absolute Gasteiger partial charge is 0.481 e. The maximum absolute atomic E-state index is 11.1. The zero-order valence-corrected chi connectivity index (χ0v) is 9.78. The normalized spacial score (nSPS) is 11.2. The molecular formula is C11H17N3O2. The SMILES string of the molecule is COc1ncccc1CNC(C)(C)C(N)=O. The van der Waals surface area contributed by atoms with Gasteiger partial charge in [-0.15, -0.1) is 0 Å². The molecule has 0 aromatic carbocycles. The fourth-order valence-electron chi connectivity index (χ4n) is 1.15. The minimum absolute atomic E-state index is 0.393. The second-order valence-electron chi connectivity index (χ2n) is 4.01. The van der Waals surface area contributed by atoms with Crippen LogP contribution in [0.25, 0.3) is 0 Å². The number of primary amides is 1. The van der Waals surface area contributed by atoms with Crippen LogP contribution in [-0.4, -0.2) is 23.5 Å². The Balaban J connectivity index is 2.71. The zero-order valence-electron chi connectivity index (χ0n) is 9.78. The number of methoxy groups -OCH3 is 1. The fraction of sp³-hybridized carbons (Fsp3) is 0.455. The highest BCUT2D eigenvalue weighted by atomic mass is 16.5. The average Bonchev–Trinajstić information content (AvgIpc) is 2.26. The average molecular weight is 223 g/mol. The van der Waals surface area contributed by atoms with Gasteiger partial charge < -0.3 is 10.5 Å². The van der Waals surface area contributed by atoms with Crippen molar-refractivity contribution in [1.82, 2.24) is 10.3 Å². The number of nitrogens with two attached hydrogens (primary N) is 1. The van der Waals surface area contributed by atoms with E-state index in [1.54, 1.807) is 27.2 Å². The van der Waals surface area contributed by atoms with E-state index in [4.69, 9.17) is 10.5 Å². The Kier molecular flexibility index (Phi) is 3.84. The Morgan fingerprint density at radius 2 is 2.31 bits per heavy atom. The topological polar surface area (TPSA) is 77.2 Å². The Morgan fingerprint density at radius 1 is 1.62 bits per heavy atom. The van der Waals surface area contributed by atoms with Gasteiger partial charge in [-0.25, -0.2) is 4.98 Å². The molecule has 0 aliphatic carbocycles. The number of amides is 1. The van der Waals surface area contributed by atoms with Crippen LogP contribution in [0.5, 0.6) is 5.88 Å². The molecule has 3 N–H and O–H groups in total. The molecule has 5 heteroatoms. The van der Waals surface area contributed by atoms with Gasteiger partial charge in [0.2, 0.25) is 11.8 Å². The van der Waals surface area contributed by atoms with Gasteiger partial charge in [-0.1, -0.05) is 6.07 Å². The first-order chi connectivity index (χ1) is 7.47. The zero-order chi connectivity index (χ0) is 12.2. The van der Waals surface area contributed by atoms with E-state index in [2.05, 4.69) is 10.3 Å². The van der Waals surface area contributed by atoms with Crippen LogP contribution in [0.4, 0.5) is 0 Å². The maximum atomic E-state index is 11.1. The molecular weight excluding hydrogens is 206 g/mol. The number of nitrogens with zero attached hydrogens (tertiary/aromatic N) is 1. The van der Waals surface area contributed by atoms with Crippen molar-refractivity contribution in [2.24, 2.45) is 5.73 Å². The molecule has 0 aliphatic rings. The van der Waals surface area contributed by atoms with E-state index in [9.17, 15) is 4.79 Å². The number of ether oxygens (including phenoxy) is 1. The highest BCUT2D eigenvalue weighted by Gasteiger charge is 2.24. The number of hydrogen-bond acceptors (Lipinski definition) is 4. The summed E-state index contributed by atoms with van der Waals surface area (Å²) < 4.78 is 5.10. The summed E-state index contributed by atoms with van der Waals surface area (Å²) in [7, 11) is 1.56. The molecule has 0 unspecified atom stereocenters. The van der Waals surface area contributed by atoms with Gasteiger partial charge in [-0.2, -0.15) is 0 Å². The predicted molar refractivity (Wildman–Crippen MR) is 60.9 cm³/mol. The summed E-state index contributed by atoms with van der Waals surface area (Å²) in [4.78, 5) is 15.2. The molecule has 1 aromatic heterocycles. The van der Waals surface area contributed by atoms with Crippen molar-refractivity contribution < 1.29 is 9.53 Å². The first kappa shape index (κ1) is 12.4. The van der Waals surface area contributed by atoms with Crippen molar-refractivity contribution in [2.75, 3.05) is 7.11 Å². The first-order valence-electron chi connectivity index (χ1n) is 5.00. The second-order valence-corrected chi connectivity index (χ2v) is 4.01. The van der Waals surface area contributed by atoms with Crippen molar-refractivity contribution in [2.45, 2.75) is 25.9 Å². The Morgan fingerprint density at radius 3 is 2.88 bits per heavy atom. The minimum atomic E-state index is -0.749. The number of aromatic nitrogens is 1. The lowest BCUT2D eigenvalue weighted by Gasteiger charge is -2.22. The molecule has 0 aliphatic heterocycles. The molecule has 0 bridgehead atoms. The summed E-state index contributed by atoms with van der Waals surface area (Å²) in [6, 6.07) is 3.70. The predicted octanol–water partition coefficient (Wildman–Crippen LogP) is 0.444. The highest BCUT2D eigenvalue weighted by molar-refractivity contribution is 5.83. The number of carbonyl (C=O) groups is 1. The van der Waals surface area contributed by atoms with E-state index < -0.39 is 11.4 Å². The summed E-state index contributed by atoms with van der Waals surface area (Å²) >= 11 is 0. The molecule has 1 heterocycles. The van der Waals surface area contributed by atoms with Crippen molar-refractivity contribution in [3.8, 4) is 5.88 Å². The Labute approximate surface area is 95.0 Å². The summed E-state index contributed by atoms with van der Waals surface area (Å²) in [5.74, 6) is 0.158. The maximum Gasteiger partial charge on any atom is 0.237 e. The standard InChI is InChI=1S/C11H17N3O2/c1-11(2,10(12)15)14-7-8-5-4-6-13-9(8)16-3/h4-6,14H,7H2,1-3H3,(H2,12,15). The quantitative estimate of drug-likeness (QED) is 0.759. The summed E-state index contributed by atoms with van der Waals surface area (Å²) in [5, 5.41) is 3.05. The van der Waals surface area contributed by atoms with Crippen LogP contribution >= 0.6 is 0 Å². The van der Waals surface area contributed by atoms with Crippen LogP contribution < -0.4 is 15.8 Å². The molecule has 1 amide bonds. The molecule has 0 radical (unpaired) electrons. The van der Waals surface area contributed by atoms with E-state index in [0.717, 1.165) is 5.56 Å². The van der Waals surface area contributed by atoms with Crippen LogP contribution in [-0.2, 0) is 11.3 Å². The van der Waals surface area contributed by atoms with E-state index in [1.165, 1.54) is 0 Å². The summed E-state index contributed by atoms with van der Waals surface area (Å²) in [6.45, 7) is 3.95. The molecule has 0 saturated heterocycles. The van der Waals surface area contributed by atoms with Gasteiger partial charge in [0.05, 0.1) is 12.6 Å². The molecule has 0 saturated carbocycles. The van der Waals surface area contributed by atoms with Crippen LogP contribution in [0.1, 0.15) is 19.4 Å². The highest BCUT2D eigenvalue weighted by Crippen LogP contribution is 2.14. The Hall–Kier alpha value is -1.62. The van der Waals surface area contributed by atoms with Gasteiger partial charge in [0, 0.05) is 18.3 Å². The minimum Gasteiger partial charge on any atom is -0.481 e. The number of pyridine rings is 1. The van der Waals surface area contributed by atoms with E-state index >= 15 is 0 Å². The summed E-state index contributed by atoms with van der Waals surface area (Å²) in [5.41, 5.74) is 5.40. The molecule has 0 spiro atoms. The van der Waals surface area contributed by atoms with Crippen molar-refractivity contribution in [3.05, 3.63) is 23.9 Å².